The molecule has 1 N–H and O–H groups in total. The molecule has 0 fully saturated rings. The van der Waals surface area contributed by atoms with Crippen LogP contribution in [0.25, 0.3) is 11.4 Å². The van der Waals surface area contributed by atoms with Crippen LogP contribution in [0.3, 0.4) is 0 Å². The molecule has 6 nitrogen and oxygen atoms in total. The second kappa shape index (κ2) is 4.17. The summed E-state index contributed by atoms with van der Waals surface area (Å²) in [5.74, 6) is -0.162. The number of fused-ring (bicyclic) bond motifs is 2. The van der Waals surface area contributed by atoms with Crippen molar-refractivity contribution in [1.29, 1.82) is 0 Å². The molecule has 0 saturated carbocycles. The van der Waals surface area contributed by atoms with Crippen molar-refractivity contribution in [2.45, 2.75) is 0 Å². The van der Waals surface area contributed by atoms with Gasteiger partial charge < -0.3 is 4.98 Å². The highest BCUT2D eigenvalue weighted by atomic mass is 16.1. The third-order valence-electron chi connectivity index (χ3n) is 3.35. The maximum atomic E-state index is 12.4. The fourth-order valence-electron chi connectivity index (χ4n) is 2.36. The smallest absolute Gasteiger partial charge is 0.232 e. The van der Waals surface area contributed by atoms with Gasteiger partial charge >= 0.3 is 0 Å². The highest BCUT2D eigenvalue weighted by molar-refractivity contribution is 6.26. The minimum Gasteiger partial charge on any atom is -0.335 e. The van der Waals surface area contributed by atoms with E-state index in [0.717, 1.165) is 0 Å². The zero-order valence-electron chi connectivity index (χ0n) is 10.7. The predicted molar refractivity (Wildman–Crippen MR) is 72.9 cm³/mol. The SMILES string of the molecule is O=C1c2ncccc2C(=O)c2[nH]c(-c3cccnc3)nc21. The second-order valence-electron chi connectivity index (χ2n) is 4.61. The van der Waals surface area contributed by atoms with E-state index in [1.54, 1.807) is 36.7 Å². The first-order valence-corrected chi connectivity index (χ1v) is 6.30. The molecule has 6 heteroatoms. The molecule has 0 aliphatic heterocycles. The fourth-order valence-corrected chi connectivity index (χ4v) is 2.36. The van der Waals surface area contributed by atoms with Gasteiger partial charge in [0.15, 0.2) is 0 Å². The first kappa shape index (κ1) is 11.7. The van der Waals surface area contributed by atoms with E-state index in [2.05, 4.69) is 19.9 Å². The van der Waals surface area contributed by atoms with Crippen molar-refractivity contribution in [1.82, 2.24) is 19.9 Å². The maximum absolute atomic E-state index is 12.4. The Morgan fingerprint density at radius 1 is 0.952 bits per heavy atom. The highest BCUT2D eigenvalue weighted by Crippen LogP contribution is 2.26. The van der Waals surface area contributed by atoms with Gasteiger partial charge in [-0.25, -0.2) is 4.98 Å². The van der Waals surface area contributed by atoms with Gasteiger partial charge in [0.1, 0.15) is 22.9 Å². The lowest BCUT2D eigenvalue weighted by atomic mass is 9.95. The summed E-state index contributed by atoms with van der Waals surface area (Å²) in [4.78, 5) is 40.0. The number of pyridine rings is 2. The number of imidazole rings is 1. The normalized spacial score (nSPS) is 13.0. The standard InChI is InChI=1S/C15H8N4O2/c20-13-9-4-2-6-17-10(9)14(21)12-11(13)18-15(19-12)8-3-1-5-16-7-8/h1-7H,(H,18,19). The molecular formula is C15H8N4O2. The van der Waals surface area contributed by atoms with Crippen LogP contribution in [0.4, 0.5) is 0 Å². The molecule has 3 heterocycles. The lowest BCUT2D eigenvalue weighted by Gasteiger charge is -2.10. The molecule has 0 unspecified atom stereocenters. The molecular weight excluding hydrogens is 268 g/mol. The molecule has 0 atom stereocenters. The van der Waals surface area contributed by atoms with Gasteiger partial charge in [-0.2, -0.15) is 0 Å². The van der Waals surface area contributed by atoms with Crippen molar-refractivity contribution >= 4 is 11.6 Å². The number of nitrogens with one attached hydrogen (secondary N) is 1. The summed E-state index contributed by atoms with van der Waals surface area (Å²) in [6.45, 7) is 0. The van der Waals surface area contributed by atoms with Crippen molar-refractivity contribution in [3.8, 4) is 11.4 Å². The topological polar surface area (TPSA) is 88.6 Å². The minimum atomic E-state index is -0.341. The quantitative estimate of drug-likeness (QED) is 0.571. The van der Waals surface area contributed by atoms with Crippen LogP contribution in [-0.2, 0) is 0 Å². The van der Waals surface area contributed by atoms with Gasteiger partial charge in [0, 0.05) is 24.2 Å². The van der Waals surface area contributed by atoms with Crippen LogP contribution in [0, 0.1) is 0 Å². The molecule has 0 radical (unpaired) electrons. The van der Waals surface area contributed by atoms with Gasteiger partial charge in [0.05, 0.1) is 5.56 Å². The Balaban J connectivity index is 1.92. The largest absolute Gasteiger partial charge is 0.335 e. The van der Waals surface area contributed by atoms with E-state index in [-0.39, 0.29) is 28.6 Å². The monoisotopic (exact) mass is 276 g/mol. The Bertz CT molecular complexity index is 831. The summed E-state index contributed by atoms with van der Waals surface area (Å²) >= 11 is 0. The van der Waals surface area contributed by atoms with E-state index in [4.69, 9.17) is 0 Å². The molecule has 1 aliphatic rings. The maximum Gasteiger partial charge on any atom is 0.232 e. The van der Waals surface area contributed by atoms with E-state index in [0.29, 0.717) is 17.0 Å². The Labute approximate surface area is 118 Å². The van der Waals surface area contributed by atoms with Crippen LogP contribution >= 0.6 is 0 Å². The number of hydrogen-bond acceptors (Lipinski definition) is 5. The van der Waals surface area contributed by atoms with E-state index in [1.807, 2.05) is 0 Å². The van der Waals surface area contributed by atoms with Gasteiger partial charge in [-0.15, -0.1) is 0 Å². The number of aromatic nitrogens is 4. The number of aromatic amines is 1. The van der Waals surface area contributed by atoms with Gasteiger partial charge in [0.2, 0.25) is 11.6 Å². The lowest BCUT2D eigenvalue weighted by molar-refractivity contribution is 0.0970. The Morgan fingerprint density at radius 2 is 1.81 bits per heavy atom. The summed E-state index contributed by atoms with van der Waals surface area (Å²) in [5.41, 5.74) is 1.49. The van der Waals surface area contributed by atoms with Crippen molar-refractivity contribution in [3.05, 3.63) is 65.5 Å². The molecule has 0 aromatic carbocycles. The van der Waals surface area contributed by atoms with E-state index < -0.39 is 0 Å². The second-order valence-corrected chi connectivity index (χ2v) is 4.61. The summed E-state index contributed by atoms with van der Waals surface area (Å²) in [5, 5.41) is 0. The van der Waals surface area contributed by atoms with Crippen molar-refractivity contribution in [3.63, 3.8) is 0 Å². The van der Waals surface area contributed by atoms with Crippen molar-refractivity contribution in [2.24, 2.45) is 0 Å². The Hall–Kier alpha value is -3.15. The van der Waals surface area contributed by atoms with Gasteiger partial charge in [0.25, 0.3) is 0 Å². The average molecular weight is 276 g/mol. The van der Waals surface area contributed by atoms with Crippen LogP contribution < -0.4 is 0 Å². The molecule has 0 saturated heterocycles. The molecule has 21 heavy (non-hydrogen) atoms. The first-order valence-electron chi connectivity index (χ1n) is 6.30. The van der Waals surface area contributed by atoms with Gasteiger partial charge in [-0.05, 0) is 24.3 Å². The predicted octanol–water partition coefficient (Wildman–Crippen LogP) is 1.64. The van der Waals surface area contributed by atoms with E-state index in [9.17, 15) is 9.59 Å². The number of carbonyl (C=O) groups excluding carboxylic acids is 2. The number of nitrogens with zero attached hydrogens (tertiary/aromatic N) is 3. The molecule has 100 valence electrons. The molecule has 4 rings (SSSR count). The van der Waals surface area contributed by atoms with Crippen molar-refractivity contribution < 1.29 is 9.59 Å². The Morgan fingerprint density at radius 3 is 2.62 bits per heavy atom. The number of hydrogen-bond donors (Lipinski definition) is 1. The summed E-state index contributed by atoms with van der Waals surface area (Å²) in [6, 6.07) is 6.79. The van der Waals surface area contributed by atoms with Crippen LogP contribution in [0.15, 0.2) is 42.9 Å². The molecule has 0 bridgehead atoms. The van der Waals surface area contributed by atoms with Crippen molar-refractivity contribution in [2.75, 3.05) is 0 Å². The van der Waals surface area contributed by atoms with Crippen LogP contribution in [0.5, 0.6) is 0 Å². The molecule has 1 aliphatic carbocycles. The number of rotatable bonds is 1. The average Bonchev–Trinajstić information content (AvgIpc) is 2.99. The van der Waals surface area contributed by atoms with Crippen LogP contribution in [0.1, 0.15) is 32.2 Å². The first-order chi connectivity index (χ1) is 10.3. The number of carbonyl (C=O) groups is 2. The molecule has 3 aromatic heterocycles. The summed E-state index contributed by atoms with van der Waals surface area (Å²) < 4.78 is 0. The zero-order chi connectivity index (χ0) is 14.4. The number of ketones is 2. The summed E-state index contributed by atoms with van der Waals surface area (Å²) in [6.07, 6.45) is 4.75. The summed E-state index contributed by atoms with van der Waals surface area (Å²) in [7, 11) is 0. The lowest BCUT2D eigenvalue weighted by Crippen LogP contribution is -2.22. The zero-order valence-corrected chi connectivity index (χ0v) is 10.7. The third-order valence-corrected chi connectivity index (χ3v) is 3.35. The minimum absolute atomic E-state index is 0.116. The van der Waals surface area contributed by atoms with E-state index in [1.165, 1.54) is 6.20 Å². The molecule has 0 spiro atoms. The van der Waals surface area contributed by atoms with Gasteiger partial charge in [-0.3, -0.25) is 19.6 Å². The molecule has 0 amide bonds. The van der Waals surface area contributed by atoms with Crippen LogP contribution in [-0.4, -0.2) is 31.5 Å². The van der Waals surface area contributed by atoms with Gasteiger partial charge in [-0.1, -0.05) is 0 Å². The fraction of sp³-hybridized carbons (Fsp3) is 0. The number of H-pyrrole nitrogens is 1. The highest BCUT2D eigenvalue weighted by Gasteiger charge is 2.34. The molecule has 3 aromatic rings. The van der Waals surface area contributed by atoms with Crippen LogP contribution in [0.2, 0.25) is 0 Å². The van der Waals surface area contributed by atoms with E-state index >= 15 is 0 Å². The third kappa shape index (κ3) is 1.62. The Kier molecular flexibility index (Phi) is 2.32.